The van der Waals surface area contributed by atoms with Gasteiger partial charge in [-0.2, -0.15) is 0 Å². The molecule has 0 bridgehead atoms. The summed E-state index contributed by atoms with van der Waals surface area (Å²) in [7, 11) is 0. The first-order valence-corrected chi connectivity index (χ1v) is 5.95. The quantitative estimate of drug-likeness (QED) is 0.708. The van der Waals surface area contributed by atoms with Crippen molar-refractivity contribution in [1.29, 1.82) is 0 Å². The summed E-state index contributed by atoms with van der Waals surface area (Å²) in [6, 6.07) is 0. The number of ether oxygens (including phenoxy) is 1. The Labute approximate surface area is 92.4 Å². The maximum absolute atomic E-state index is 9.47. The molecule has 1 rings (SSSR count). The van der Waals surface area contributed by atoms with Crippen molar-refractivity contribution in [3.05, 3.63) is 0 Å². The van der Waals surface area contributed by atoms with E-state index in [2.05, 4.69) is 13.8 Å². The molecule has 90 valence electrons. The van der Waals surface area contributed by atoms with Crippen molar-refractivity contribution < 1.29 is 14.9 Å². The summed E-state index contributed by atoms with van der Waals surface area (Å²) in [6.45, 7) is 5.19. The standard InChI is InChI=1S/C12H24O3/c1-10(2)6-12(8-13,9-14)7-11-4-3-5-15-11/h10-11,13-14H,3-9H2,1-2H3. The Morgan fingerprint density at radius 2 is 2.00 bits per heavy atom. The second kappa shape index (κ2) is 5.83. The highest BCUT2D eigenvalue weighted by molar-refractivity contribution is 4.84. The fraction of sp³-hybridized carbons (Fsp3) is 1.00. The Balaban J connectivity index is 2.53. The summed E-state index contributed by atoms with van der Waals surface area (Å²) in [6.07, 6.45) is 4.07. The van der Waals surface area contributed by atoms with Crippen LogP contribution in [-0.2, 0) is 4.74 Å². The van der Waals surface area contributed by atoms with Gasteiger partial charge >= 0.3 is 0 Å². The molecule has 0 aromatic heterocycles. The lowest BCUT2D eigenvalue weighted by molar-refractivity contribution is -0.0154. The maximum atomic E-state index is 9.47. The predicted molar refractivity (Wildman–Crippen MR) is 59.7 cm³/mol. The average Bonchev–Trinajstić information content (AvgIpc) is 2.68. The second-order valence-electron chi connectivity index (χ2n) is 5.25. The Kier molecular flexibility index (Phi) is 5.03. The normalized spacial score (nSPS) is 22.6. The van der Waals surface area contributed by atoms with Crippen LogP contribution in [0.4, 0.5) is 0 Å². The van der Waals surface area contributed by atoms with E-state index in [4.69, 9.17) is 4.74 Å². The average molecular weight is 216 g/mol. The number of aliphatic hydroxyl groups excluding tert-OH is 2. The van der Waals surface area contributed by atoms with Crippen LogP contribution in [0.1, 0.15) is 39.5 Å². The molecule has 15 heavy (non-hydrogen) atoms. The van der Waals surface area contributed by atoms with Crippen molar-refractivity contribution in [1.82, 2.24) is 0 Å². The lowest BCUT2D eigenvalue weighted by atomic mass is 9.76. The monoisotopic (exact) mass is 216 g/mol. The fourth-order valence-corrected chi connectivity index (χ4v) is 2.55. The first kappa shape index (κ1) is 12.9. The molecule has 0 aromatic rings. The number of rotatable bonds is 6. The van der Waals surface area contributed by atoms with Crippen LogP contribution in [0.3, 0.4) is 0 Å². The SMILES string of the molecule is CC(C)CC(CO)(CO)CC1CCCO1. The summed E-state index contributed by atoms with van der Waals surface area (Å²) in [5, 5.41) is 18.9. The molecule has 0 saturated carbocycles. The van der Waals surface area contributed by atoms with Crippen molar-refractivity contribution in [2.45, 2.75) is 45.6 Å². The van der Waals surface area contributed by atoms with Gasteiger partial charge in [-0.1, -0.05) is 13.8 Å². The highest BCUT2D eigenvalue weighted by atomic mass is 16.5. The second-order valence-corrected chi connectivity index (χ2v) is 5.25. The Hall–Kier alpha value is -0.120. The van der Waals surface area contributed by atoms with E-state index in [1.54, 1.807) is 0 Å². The molecule has 0 amide bonds. The topological polar surface area (TPSA) is 49.7 Å². The van der Waals surface area contributed by atoms with Gasteiger partial charge in [-0.15, -0.1) is 0 Å². The Bertz CT molecular complexity index is 170. The van der Waals surface area contributed by atoms with Gasteiger partial charge in [-0.05, 0) is 31.6 Å². The van der Waals surface area contributed by atoms with Crippen molar-refractivity contribution in [3.63, 3.8) is 0 Å². The van der Waals surface area contributed by atoms with Crippen LogP contribution < -0.4 is 0 Å². The lowest BCUT2D eigenvalue weighted by Crippen LogP contribution is -2.35. The zero-order valence-electron chi connectivity index (χ0n) is 9.91. The summed E-state index contributed by atoms with van der Waals surface area (Å²) in [5.41, 5.74) is -0.344. The molecule has 1 heterocycles. The van der Waals surface area contributed by atoms with Crippen molar-refractivity contribution in [3.8, 4) is 0 Å². The van der Waals surface area contributed by atoms with E-state index in [1.807, 2.05) is 0 Å². The highest BCUT2D eigenvalue weighted by Crippen LogP contribution is 2.34. The Morgan fingerprint density at radius 1 is 1.33 bits per heavy atom. The minimum Gasteiger partial charge on any atom is -0.396 e. The molecule has 2 N–H and O–H groups in total. The largest absolute Gasteiger partial charge is 0.396 e. The third kappa shape index (κ3) is 3.74. The van der Waals surface area contributed by atoms with Gasteiger partial charge in [0.2, 0.25) is 0 Å². The van der Waals surface area contributed by atoms with Crippen LogP contribution in [0.2, 0.25) is 0 Å². The zero-order chi connectivity index (χ0) is 11.3. The predicted octanol–water partition coefficient (Wildman–Crippen LogP) is 1.57. The lowest BCUT2D eigenvalue weighted by Gasteiger charge is -2.33. The molecule has 1 aliphatic heterocycles. The molecule has 1 unspecified atom stereocenters. The van der Waals surface area contributed by atoms with E-state index >= 15 is 0 Å². The minimum atomic E-state index is -0.344. The summed E-state index contributed by atoms with van der Waals surface area (Å²) in [5.74, 6) is 0.491. The molecule has 0 aromatic carbocycles. The third-order valence-electron chi connectivity index (χ3n) is 3.20. The summed E-state index contributed by atoms with van der Waals surface area (Å²) < 4.78 is 5.57. The third-order valence-corrected chi connectivity index (χ3v) is 3.20. The molecule has 0 radical (unpaired) electrons. The van der Waals surface area contributed by atoms with Crippen molar-refractivity contribution in [2.24, 2.45) is 11.3 Å². The van der Waals surface area contributed by atoms with E-state index < -0.39 is 0 Å². The maximum Gasteiger partial charge on any atom is 0.0583 e. The molecule has 1 atom stereocenters. The summed E-state index contributed by atoms with van der Waals surface area (Å²) in [4.78, 5) is 0. The first-order chi connectivity index (χ1) is 7.12. The van der Waals surface area contributed by atoms with Gasteiger partial charge < -0.3 is 14.9 Å². The van der Waals surface area contributed by atoms with Crippen LogP contribution in [0.5, 0.6) is 0 Å². The van der Waals surface area contributed by atoms with Crippen LogP contribution >= 0.6 is 0 Å². The van der Waals surface area contributed by atoms with E-state index in [-0.39, 0.29) is 24.7 Å². The van der Waals surface area contributed by atoms with E-state index in [0.29, 0.717) is 5.92 Å². The van der Waals surface area contributed by atoms with E-state index in [9.17, 15) is 10.2 Å². The van der Waals surface area contributed by atoms with Gasteiger partial charge in [0.15, 0.2) is 0 Å². The molecule has 0 aliphatic carbocycles. The summed E-state index contributed by atoms with van der Waals surface area (Å²) >= 11 is 0. The number of hydrogen-bond acceptors (Lipinski definition) is 3. The van der Waals surface area contributed by atoms with E-state index in [1.165, 1.54) is 0 Å². The van der Waals surface area contributed by atoms with Crippen LogP contribution in [-0.4, -0.2) is 36.1 Å². The minimum absolute atomic E-state index is 0.0571. The molecule has 1 fully saturated rings. The Morgan fingerprint density at radius 3 is 2.40 bits per heavy atom. The van der Waals surface area contributed by atoms with Gasteiger partial charge in [0.25, 0.3) is 0 Å². The zero-order valence-corrected chi connectivity index (χ0v) is 9.91. The molecule has 3 heteroatoms. The van der Waals surface area contributed by atoms with Crippen molar-refractivity contribution >= 4 is 0 Å². The van der Waals surface area contributed by atoms with Crippen LogP contribution in [0, 0.1) is 11.3 Å². The van der Waals surface area contributed by atoms with Gasteiger partial charge in [0.05, 0.1) is 19.3 Å². The molecule has 3 nitrogen and oxygen atoms in total. The van der Waals surface area contributed by atoms with E-state index in [0.717, 1.165) is 32.3 Å². The van der Waals surface area contributed by atoms with Gasteiger partial charge in [-0.3, -0.25) is 0 Å². The molecule has 1 aliphatic rings. The fourth-order valence-electron chi connectivity index (χ4n) is 2.55. The molecule has 1 saturated heterocycles. The first-order valence-electron chi connectivity index (χ1n) is 5.95. The van der Waals surface area contributed by atoms with Crippen LogP contribution in [0.25, 0.3) is 0 Å². The highest BCUT2D eigenvalue weighted by Gasteiger charge is 2.34. The van der Waals surface area contributed by atoms with Gasteiger partial charge in [0, 0.05) is 12.0 Å². The van der Waals surface area contributed by atoms with Gasteiger partial charge in [0.1, 0.15) is 0 Å². The number of aliphatic hydroxyl groups is 2. The number of hydrogen-bond donors (Lipinski definition) is 2. The smallest absolute Gasteiger partial charge is 0.0583 e. The van der Waals surface area contributed by atoms with Crippen molar-refractivity contribution in [2.75, 3.05) is 19.8 Å². The van der Waals surface area contributed by atoms with Crippen LogP contribution in [0.15, 0.2) is 0 Å². The molecular formula is C12H24O3. The molecule has 0 spiro atoms. The molecular weight excluding hydrogens is 192 g/mol. The van der Waals surface area contributed by atoms with Gasteiger partial charge in [-0.25, -0.2) is 0 Å².